The summed E-state index contributed by atoms with van der Waals surface area (Å²) in [6, 6.07) is 24.5. The average molecular weight is 403 g/mol. The van der Waals surface area contributed by atoms with Gasteiger partial charge in [-0.25, -0.2) is 4.99 Å². The molecule has 0 amide bonds. The molecule has 2 heterocycles. The SMILES string of the molecule is Clc1ccccc1/C=N/c1nnc(Cn2c3ccccc3c3ccccc32)s1. The van der Waals surface area contributed by atoms with Gasteiger partial charge in [0.25, 0.3) is 0 Å². The summed E-state index contributed by atoms with van der Waals surface area (Å²) < 4.78 is 2.28. The van der Waals surface area contributed by atoms with E-state index in [-0.39, 0.29) is 0 Å². The fourth-order valence-electron chi connectivity index (χ4n) is 3.37. The highest BCUT2D eigenvalue weighted by molar-refractivity contribution is 7.14. The molecule has 6 heteroatoms. The molecule has 0 N–H and O–H groups in total. The maximum Gasteiger partial charge on any atom is 0.231 e. The van der Waals surface area contributed by atoms with Gasteiger partial charge in [-0.05, 0) is 18.2 Å². The third-order valence-corrected chi connectivity index (χ3v) is 5.81. The summed E-state index contributed by atoms with van der Waals surface area (Å²) >= 11 is 7.66. The predicted octanol–water partition coefficient (Wildman–Crippen LogP) is 6.10. The molecular formula is C22H15ClN4S. The number of para-hydroxylation sites is 2. The summed E-state index contributed by atoms with van der Waals surface area (Å²) in [4.78, 5) is 4.44. The van der Waals surface area contributed by atoms with E-state index in [1.54, 1.807) is 6.21 Å². The van der Waals surface area contributed by atoms with E-state index in [1.807, 2.05) is 24.3 Å². The molecule has 0 bridgehead atoms. The molecule has 0 aliphatic heterocycles. The zero-order valence-corrected chi connectivity index (χ0v) is 16.4. The molecule has 0 aliphatic rings. The Bertz CT molecular complexity index is 1270. The zero-order chi connectivity index (χ0) is 18.9. The Kier molecular flexibility index (Phi) is 4.39. The molecule has 4 nitrogen and oxygen atoms in total. The molecule has 3 aromatic carbocycles. The van der Waals surface area contributed by atoms with Crippen molar-refractivity contribution < 1.29 is 0 Å². The maximum atomic E-state index is 6.17. The summed E-state index contributed by atoms with van der Waals surface area (Å²) in [5.74, 6) is 0. The van der Waals surface area contributed by atoms with Gasteiger partial charge in [0, 0.05) is 38.6 Å². The smallest absolute Gasteiger partial charge is 0.231 e. The molecule has 0 aliphatic carbocycles. The Hall–Kier alpha value is -3.02. The summed E-state index contributed by atoms with van der Waals surface area (Å²) in [5, 5.41) is 13.3. The van der Waals surface area contributed by atoms with Crippen LogP contribution in [0.3, 0.4) is 0 Å². The van der Waals surface area contributed by atoms with Gasteiger partial charge in [0.05, 0.1) is 6.54 Å². The first-order chi connectivity index (χ1) is 13.8. The van der Waals surface area contributed by atoms with Crippen LogP contribution in [-0.2, 0) is 6.54 Å². The molecule has 0 saturated heterocycles. The molecular weight excluding hydrogens is 388 g/mol. The molecule has 2 aromatic heterocycles. The van der Waals surface area contributed by atoms with Crippen molar-refractivity contribution in [3.05, 3.63) is 88.4 Å². The number of benzene rings is 3. The molecule has 5 rings (SSSR count). The lowest BCUT2D eigenvalue weighted by Crippen LogP contribution is -1.98. The summed E-state index contributed by atoms with van der Waals surface area (Å²) in [6.07, 6.45) is 1.73. The third-order valence-electron chi connectivity index (χ3n) is 4.65. The van der Waals surface area contributed by atoms with Crippen LogP contribution in [0.2, 0.25) is 5.02 Å². The van der Waals surface area contributed by atoms with Crippen molar-refractivity contribution in [2.45, 2.75) is 6.54 Å². The van der Waals surface area contributed by atoms with Gasteiger partial charge < -0.3 is 4.57 Å². The lowest BCUT2D eigenvalue weighted by atomic mass is 10.2. The molecule has 0 radical (unpaired) electrons. The van der Waals surface area contributed by atoms with Crippen LogP contribution >= 0.6 is 22.9 Å². The summed E-state index contributed by atoms with van der Waals surface area (Å²) in [7, 11) is 0. The molecule has 0 spiro atoms. The van der Waals surface area contributed by atoms with Crippen LogP contribution in [0.25, 0.3) is 21.8 Å². The minimum Gasteiger partial charge on any atom is -0.333 e. The maximum absolute atomic E-state index is 6.17. The van der Waals surface area contributed by atoms with Crippen molar-refractivity contribution in [3.63, 3.8) is 0 Å². The van der Waals surface area contributed by atoms with Gasteiger partial charge in [0.1, 0.15) is 5.01 Å². The monoisotopic (exact) mass is 402 g/mol. The van der Waals surface area contributed by atoms with Gasteiger partial charge in [-0.15, -0.1) is 10.2 Å². The van der Waals surface area contributed by atoms with Crippen molar-refractivity contribution in [1.29, 1.82) is 0 Å². The minimum atomic E-state index is 0.621. The number of aliphatic imine (C=N–C) groups is 1. The second-order valence-corrected chi connectivity index (χ2v) is 7.83. The number of rotatable bonds is 4. The van der Waals surface area contributed by atoms with Crippen LogP contribution in [0.15, 0.2) is 77.8 Å². The van der Waals surface area contributed by atoms with Gasteiger partial charge in [-0.3, -0.25) is 0 Å². The van der Waals surface area contributed by atoms with E-state index in [2.05, 4.69) is 68.3 Å². The summed E-state index contributed by atoms with van der Waals surface area (Å²) in [5.41, 5.74) is 3.25. The molecule has 136 valence electrons. The molecule has 28 heavy (non-hydrogen) atoms. The fourth-order valence-corrected chi connectivity index (χ4v) is 4.23. The Morgan fingerprint density at radius 2 is 1.50 bits per heavy atom. The average Bonchev–Trinajstić information content (AvgIpc) is 3.31. The molecule has 0 saturated carbocycles. The Balaban J connectivity index is 1.48. The quantitative estimate of drug-likeness (QED) is 0.341. The van der Waals surface area contributed by atoms with Crippen LogP contribution in [0.4, 0.5) is 5.13 Å². The number of aromatic nitrogens is 3. The summed E-state index contributed by atoms with van der Waals surface area (Å²) in [6.45, 7) is 0.660. The van der Waals surface area contributed by atoms with E-state index in [9.17, 15) is 0 Å². The second-order valence-electron chi connectivity index (χ2n) is 6.38. The van der Waals surface area contributed by atoms with Crippen LogP contribution in [0.1, 0.15) is 10.6 Å². The van der Waals surface area contributed by atoms with Crippen LogP contribution in [0, 0.1) is 0 Å². The van der Waals surface area contributed by atoms with Gasteiger partial charge in [-0.1, -0.05) is 77.5 Å². The zero-order valence-electron chi connectivity index (χ0n) is 14.8. The number of nitrogens with zero attached hydrogens (tertiary/aromatic N) is 4. The van der Waals surface area contributed by atoms with E-state index >= 15 is 0 Å². The number of fused-ring (bicyclic) bond motifs is 3. The van der Waals surface area contributed by atoms with E-state index in [0.717, 1.165) is 10.6 Å². The van der Waals surface area contributed by atoms with Crippen molar-refractivity contribution in [2.75, 3.05) is 0 Å². The van der Waals surface area contributed by atoms with Gasteiger partial charge in [0.15, 0.2) is 0 Å². The van der Waals surface area contributed by atoms with Gasteiger partial charge in [0.2, 0.25) is 5.13 Å². The number of hydrogen-bond acceptors (Lipinski definition) is 4. The molecule has 5 aromatic rings. The number of hydrogen-bond donors (Lipinski definition) is 0. The van der Waals surface area contributed by atoms with Crippen molar-refractivity contribution in [2.24, 2.45) is 4.99 Å². The molecule has 0 unspecified atom stereocenters. The fraction of sp³-hybridized carbons (Fsp3) is 0.0455. The Morgan fingerprint density at radius 3 is 2.21 bits per heavy atom. The largest absolute Gasteiger partial charge is 0.333 e. The van der Waals surface area contributed by atoms with Crippen molar-refractivity contribution in [3.8, 4) is 0 Å². The topological polar surface area (TPSA) is 43.1 Å². The first kappa shape index (κ1) is 17.1. The van der Waals surface area contributed by atoms with Gasteiger partial charge in [-0.2, -0.15) is 0 Å². The van der Waals surface area contributed by atoms with E-state index in [1.165, 1.54) is 33.1 Å². The third kappa shape index (κ3) is 3.09. The molecule has 0 fully saturated rings. The normalized spacial score (nSPS) is 11.8. The first-order valence-corrected chi connectivity index (χ1v) is 10.1. The second kappa shape index (κ2) is 7.19. The predicted molar refractivity (Wildman–Crippen MR) is 117 cm³/mol. The highest BCUT2D eigenvalue weighted by Gasteiger charge is 2.12. The van der Waals surface area contributed by atoms with Crippen LogP contribution in [0.5, 0.6) is 0 Å². The standard InChI is InChI=1S/C22H15ClN4S/c23-18-10-4-1-7-15(18)13-24-22-26-25-21(28-22)14-27-19-11-5-2-8-16(19)17-9-3-6-12-20(17)27/h1-13H,14H2/b24-13+. The lowest BCUT2D eigenvalue weighted by molar-refractivity contribution is 0.836. The van der Waals surface area contributed by atoms with Crippen LogP contribution in [-0.4, -0.2) is 21.0 Å². The van der Waals surface area contributed by atoms with Gasteiger partial charge >= 0.3 is 0 Å². The van der Waals surface area contributed by atoms with Crippen LogP contribution < -0.4 is 0 Å². The van der Waals surface area contributed by atoms with Crippen molar-refractivity contribution >= 4 is 56.1 Å². The Labute approximate surface area is 170 Å². The Morgan fingerprint density at radius 1 is 0.857 bits per heavy atom. The lowest BCUT2D eigenvalue weighted by Gasteiger charge is -2.04. The molecule has 0 atom stereocenters. The van der Waals surface area contributed by atoms with Crippen molar-refractivity contribution in [1.82, 2.24) is 14.8 Å². The number of halogens is 1. The highest BCUT2D eigenvalue weighted by atomic mass is 35.5. The van der Waals surface area contributed by atoms with E-state index in [0.29, 0.717) is 16.7 Å². The highest BCUT2D eigenvalue weighted by Crippen LogP contribution is 2.30. The van der Waals surface area contributed by atoms with E-state index in [4.69, 9.17) is 11.6 Å². The first-order valence-electron chi connectivity index (χ1n) is 8.86. The van der Waals surface area contributed by atoms with E-state index < -0.39 is 0 Å². The minimum absolute atomic E-state index is 0.621.